The monoisotopic (exact) mass is 390 g/mol. The fourth-order valence-electron chi connectivity index (χ4n) is 3.21. The van der Waals surface area contributed by atoms with Crippen molar-refractivity contribution in [2.45, 2.75) is 31.1 Å². The minimum atomic E-state index is -3.19. The highest BCUT2D eigenvalue weighted by molar-refractivity contribution is 7.90. The Kier molecular flexibility index (Phi) is 6.63. The van der Waals surface area contributed by atoms with Crippen LogP contribution in [0, 0.1) is 0 Å². The Hall–Kier alpha value is -2.19. The van der Waals surface area contributed by atoms with Crippen LogP contribution in [0.2, 0.25) is 0 Å². The number of aromatic nitrogens is 2. The summed E-state index contributed by atoms with van der Waals surface area (Å²) in [6.07, 6.45) is 4.36. The lowest BCUT2D eigenvalue weighted by Crippen LogP contribution is -2.32. The predicted molar refractivity (Wildman–Crippen MR) is 104 cm³/mol. The smallest absolute Gasteiger partial charge is 0.271 e. The van der Waals surface area contributed by atoms with Crippen molar-refractivity contribution in [1.82, 2.24) is 20.4 Å². The molecule has 0 bridgehead atoms. The van der Waals surface area contributed by atoms with Crippen molar-refractivity contribution in [2.75, 3.05) is 25.4 Å². The molecule has 2 heterocycles. The van der Waals surface area contributed by atoms with E-state index >= 15 is 0 Å². The lowest BCUT2D eigenvalue weighted by atomic mass is 10.1. The molecule has 1 aliphatic heterocycles. The Morgan fingerprint density at radius 1 is 1.26 bits per heavy atom. The number of nitrogens with zero attached hydrogens (tertiary/aromatic N) is 2. The second-order valence-electron chi connectivity index (χ2n) is 6.87. The quantitative estimate of drug-likeness (QED) is 0.667. The van der Waals surface area contributed by atoms with Crippen LogP contribution in [0.25, 0.3) is 0 Å². The van der Waals surface area contributed by atoms with E-state index in [-0.39, 0.29) is 23.5 Å². The Bertz CT molecular complexity index is 843. The molecule has 1 unspecified atom stereocenters. The van der Waals surface area contributed by atoms with Crippen molar-refractivity contribution >= 4 is 15.7 Å². The number of carbonyl (C=O) groups is 1. The maximum absolute atomic E-state index is 12.2. The van der Waals surface area contributed by atoms with E-state index in [1.807, 2.05) is 29.1 Å². The SMILES string of the molecule is O=C(NCCCS(=O)(=O)Cc1ccccc1)c1ccn(C2CCCNC2)n1. The first-order valence-corrected chi connectivity index (χ1v) is 11.1. The van der Waals surface area contributed by atoms with Crippen molar-refractivity contribution in [2.24, 2.45) is 0 Å². The van der Waals surface area contributed by atoms with Gasteiger partial charge in [-0.15, -0.1) is 0 Å². The van der Waals surface area contributed by atoms with E-state index in [4.69, 9.17) is 0 Å². The fraction of sp³-hybridized carbons (Fsp3) is 0.474. The van der Waals surface area contributed by atoms with Crippen molar-refractivity contribution in [3.8, 4) is 0 Å². The van der Waals surface area contributed by atoms with E-state index in [0.29, 0.717) is 18.7 Å². The second-order valence-corrected chi connectivity index (χ2v) is 9.05. The molecular formula is C19H26N4O3S. The van der Waals surface area contributed by atoms with Gasteiger partial charge in [-0.05, 0) is 37.4 Å². The summed E-state index contributed by atoms with van der Waals surface area (Å²) in [6, 6.07) is 11.1. The molecule has 8 heteroatoms. The standard InChI is InChI=1S/C19H26N4O3S/c24-19(18-9-12-23(22-18)17-8-4-10-20-14-17)21-11-5-13-27(25,26)15-16-6-2-1-3-7-16/h1-3,6-7,9,12,17,20H,4-5,8,10-11,13-15H2,(H,21,24). The molecule has 0 spiro atoms. The van der Waals surface area contributed by atoms with Gasteiger partial charge in [0.05, 0.1) is 17.5 Å². The van der Waals surface area contributed by atoms with Crippen LogP contribution in [-0.4, -0.2) is 49.5 Å². The molecule has 7 nitrogen and oxygen atoms in total. The summed E-state index contributed by atoms with van der Waals surface area (Å²) in [5.74, 6) is -0.190. The summed E-state index contributed by atoms with van der Waals surface area (Å²) in [5, 5.41) is 10.4. The molecule has 1 amide bonds. The highest BCUT2D eigenvalue weighted by atomic mass is 32.2. The molecular weight excluding hydrogens is 364 g/mol. The summed E-state index contributed by atoms with van der Waals surface area (Å²) in [4.78, 5) is 12.2. The maximum atomic E-state index is 12.2. The van der Waals surface area contributed by atoms with Crippen molar-refractivity contribution in [3.05, 3.63) is 53.9 Å². The number of amides is 1. The first-order chi connectivity index (χ1) is 13.0. The molecule has 146 valence electrons. The lowest BCUT2D eigenvalue weighted by Gasteiger charge is -2.22. The number of carbonyl (C=O) groups excluding carboxylic acids is 1. The molecule has 1 aliphatic rings. The van der Waals surface area contributed by atoms with E-state index in [9.17, 15) is 13.2 Å². The molecule has 0 saturated carbocycles. The molecule has 1 saturated heterocycles. The van der Waals surface area contributed by atoms with Crippen LogP contribution in [0.4, 0.5) is 0 Å². The predicted octanol–water partition coefficient (Wildman–Crippen LogP) is 1.54. The number of benzene rings is 1. The van der Waals surface area contributed by atoms with Gasteiger partial charge in [0.1, 0.15) is 5.69 Å². The number of nitrogens with one attached hydrogen (secondary N) is 2. The summed E-state index contributed by atoms with van der Waals surface area (Å²) in [5.41, 5.74) is 1.15. The van der Waals surface area contributed by atoms with Crippen LogP contribution in [0.15, 0.2) is 42.6 Å². The van der Waals surface area contributed by atoms with E-state index in [2.05, 4.69) is 15.7 Å². The number of rotatable bonds is 8. The Morgan fingerprint density at radius 3 is 2.81 bits per heavy atom. The van der Waals surface area contributed by atoms with E-state index in [1.165, 1.54) is 0 Å². The summed E-state index contributed by atoms with van der Waals surface area (Å²) in [7, 11) is -3.19. The summed E-state index contributed by atoms with van der Waals surface area (Å²) in [6.45, 7) is 2.20. The van der Waals surface area contributed by atoms with Gasteiger partial charge in [-0.1, -0.05) is 30.3 Å². The molecule has 0 aliphatic carbocycles. The average Bonchev–Trinajstić information content (AvgIpc) is 3.17. The molecule has 2 aromatic rings. The average molecular weight is 391 g/mol. The maximum Gasteiger partial charge on any atom is 0.271 e. The topological polar surface area (TPSA) is 93.1 Å². The number of hydrogen-bond acceptors (Lipinski definition) is 5. The molecule has 1 aromatic heterocycles. The van der Waals surface area contributed by atoms with Gasteiger partial charge >= 0.3 is 0 Å². The number of hydrogen-bond donors (Lipinski definition) is 2. The highest BCUT2D eigenvalue weighted by Crippen LogP contribution is 2.15. The number of sulfone groups is 1. The van der Waals surface area contributed by atoms with Crippen LogP contribution in [-0.2, 0) is 15.6 Å². The zero-order valence-corrected chi connectivity index (χ0v) is 16.1. The minimum absolute atomic E-state index is 0.0294. The van der Waals surface area contributed by atoms with Gasteiger partial charge < -0.3 is 10.6 Å². The van der Waals surface area contributed by atoms with E-state index < -0.39 is 9.84 Å². The molecule has 1 fully saturated rings. The first-order valence-electron chi connectivity index (χ1n) is 9.32. The third-order valence-electron chi connectivity index (χ3n) is 4.63. The second kappa shape index (κ2) is 9.14. The Labute approximate surface area is 160 Å². The largest absolute Gasteiger partial charge is 0.351 e. The van der Waals surface area contributed by atoms with Crippen LogP contribution in [0.1, 0.15) is 41.4 Å². The summed E-state index contributed by atoms with van der Waals surface area (Å²) < 4.78 is 26.2. The highest BCUT2D eigenvalue weighted by Gasteiger charge is 2.18. The fourth-order valence-corrected chi connectivity index (χ4v) is 4.64. The molecule has 1 aromatic carbocycles. The Balaban J connectivity index is 1.42. The van der Waals surface area contributed by atoms with Gasteiger partial charge in [0.2, 0.25) is 0 Å². The van der Waals surface area contributed by atoms with Crippen molar-refractivity contribution in [3.63, 3.8) is 0 Å². The van der Waals surface area contributed by atoms with Gasteiger partial charge in [-0.2, -0.15) is 5.10 Å². The van der Waals surface area contributed by atoms with E-state index in [0.717, 1.165) is 31.5 Å². The van der Waals surface area contributed by atoms with Crippen molar-refractivity contribution in [1.29, 1.82) is 0 Å². The molecule has 0 radical (unpaired) electrons. The molecule has 3 rings (SSSR count). The Morgan fingerprint density at radius 2 is 2.07 bits per heavy atom. The lowest BCUT2D eigenvalue weighted by molar-refractivity contribution is 0.0947. The van der Waals surface area contributed by atoms with Gasteiger partial charge in [0.25, 0.3) is 5.91 Å². The normalized spacial score (nSPS) is 17.6. The van der Waals surface area contributed by atoms with Crippen molar-refractivity contribution < 1.29 is 13.2 Å². The van der Waals surface area contributed by atoms with E-state index in [1.54, 1.807) is 18.2 Å². The van der Waals surface area contributed by atoms with Crippen LogP contribution >= 0.6 is 0 Å². The summed E-state index contributed by atoms with van der Waals surface area (Å²) >= 11 is 0. The molecule has 2 N–H and O–H groups in total. The zero-order valence-electron chi connectivity index (χ0n) is 15.3. The third-order valence-corrected chi connectivity index (χ3v) is 6.32. The van der Waals surface area contributed by atoms with Gasteiger partial charge in [-0.25, -0.2) is 8.42 Å². The molecule has 1 atom stereocenters. The molecule has 27 heavy (non-hydrogen) atoms. The zero-order chi connectivity index (χ0) is 19.1. The minimum Gasteiger partial charge on any atom is -0.351 e. The van der Waals surface area contributed by atoms with Gasteiger partial charge in [0, 0.05) is 19.3 Å². The third kappa shape index (κ3) is 5.90. The first kappa shape index (κ1) is 19.6. The number of piperidine rings is 1. The van der Waals surface area contributed by atoms with Crippen LogP contribution in [0.3, 0.4) is 0 Å². The van der Waals surface area contributed by atoms with Crippen LogP contribution < -0.4 is 10.6 Å². The van der Waals surface area contributed by atoms with Gasteiger partial charge in [-0.3, -0.25) is 9.48 Å². The van der Waals surface area contributed by atoms with Gasteiger partial charge in [0.15, 0.2) is 9.84 Å². The van der Waals surface area contributed by atoms with Crippen LogP contribution in [0.5, 0.6) is 0 Å².